The van der Waals surface area contributed by atoms with Crippen molar-refractivity contribution in [3.8, 4) is 0 Å². The third-order valence-electron chi connectivity index (χ3n) is 2.49. The molecule has 2 aromatic rings. The highest BCUT2D eigenvalue weighted by Crippen LogP contribution is 2.21. The fraction of sp³-hybridized carbons (Fsp3) is 0.154. The number of nitrogens with two attached hydrogens (primary N) is 1. The molecule has 0 fully saturated rings. The lowest BCUT2D eigenvalue weighted by molar-refractivity contribution is 1.14. The number of aryl methyl sites for hydroxylation is 1. The van der Waals surface area contributed by atoms with E-state index < -0.39 is 0 Å². The van der Waals surface area contributed by atoms with Crippen molar-refractivity contribution in [2.24, 2.45) is 0 Å². The molecule has 3 N–H and O–H groups in total. The molecule has 0 aliphatic carbocycles. The van der Waals surface area contributed by atoms with Crippen LogP contribution in [0.5, 0.6) is 0 Å². The minimum absolute atomic E-state index is 0.655. The highest BCUT2D eigenvalue weighted by molar-refractivity contribution is 5.71. The highest BCUT2D eigenvalue weighted by atomic mass is 14.9. The average Bonchev–Trinajstić information content (AvgIpc) is 2.33. The third kappa shape index (κ3) is 2.31. The van der Waals surface area contributed by atoms with Crippen molar-refractivity contribution in [3.05, 3.63) is 48.3 Å². The van der Waals surface area contributed by atoms with Gasteiger partial charge in [-0.1, -0.05) is 19.1 Å². The van der Waals surface area contributed by atoms with E-state index in [0.717, 1.165) is 17.8 Å². The zero-order chi connectivity index (χ0) is 11.4. The van der Waals surface area contributed by atoms with E-state index in [2.05, 4.69) is 41.5 Å². The molecule has 82 valence electrons. The number of pyridine rings is 1. The van der Waals surface area contributed by atoms with Gasteiger partial charge in [-0.25, -0.2) is 0 Å². The standard InChI is InChI=1S/C13H15N3/c1-2-10-3-5-11(6-4-10)16-13-7-8-15-9-12(13)14/h3-9H,2,14H2,1H3,(H,15,16). The first-order chi connectivity index (χ1) is 7.79. The summed E-state index contributed by atoms with van der Waals surface area (Å²) < 4.78 is 0. The molecule has 1 aromatic carbocycles. The van der Waals surface area contributed by atoms with Crippen LogP contribution in [0.3, 0.4) is 0 Å². The molecule has 0 aliphatic rings. The first kappa shape index (κ1) is 10.5. The second-order valence-corrected chi connectivity index (χ2v) is 3.64. The molecule has 0 spiro atoms. The Morgan fingerprint density at radius 1 is 1.19 bits per heavy atom. The fourth-order valence-electron chi connectivity index (χ4n) is 1.50. The van der Waals surface area contributed by atoms with Gasteiger partial charge in [-0.3, -0.25) is 4.98 Å². The maximum absolute atomic E-state index is 5.80. The van der Waals surface area contributed by atoms with Gasteiger partial charge in [-0.2, -0.15) is 0 Å². The predicted octanol–water partition coefficient (Wildman–Crippen LogP) is 2.97. The molecule has 1 heterocycles. The van der Waals surface area contributed by atoms with Crippen molar-refractivity contribution >= 4 is 17.1 Å². The summed E-state index contributed by atoms with van der Waals surface area (Å²) >= 11 is 0. The van der Waals surface area contributed by atoms with Gasteiger partial charge in [0.15, 0.2) is 0 Å². The number of nitrogens with zero attached hydrogens (tertiary/aromatic N) is 1. The van der Waals surface area contributed by atoms with E-state index in [9.17, 15) is 0 Å². The molecule has 16 heavy (non-hydrogen) atoms. The molecule has 0 atom stereocenters. The van der Waals surface area contributed by atoms with Gasteiger partial charge in [-0.05, 0) is 30.2 Å². The van der Waals surface area contributed by atoms with Crippen molar-refractivity contribution in [2.75, 3.05) is 11.1 Å². The Labute approximate surface area is 95.3 Å². The average molecular weight is 213 g/mol. The van der Waals surface area contributed by atoms with Crippen LogP contribution in [0.2, 0.25) is 0 Å². The maximum Gasteiger partial charge on any atom is 0.0739 e. The zero-order valence-electron chi connectivity index (χ0n) is 9.27. The molecule has 1 aromatic heterocycles. The number of benzene rings is 1. The Morgan fingerprint density at radius 2 is 1.94 bits per heavy atom. The van der Waals surface area contributed by atoms with Crippen LogP contribution in [0.4, 0.5) is 17.1 Å². The fourth-order valence-corrected chi connectivity index (χ4v) is 1.50. The van der Waals surface area contributed by atoms with Crippen LogP contribution in [-0.4, -0.2) is 4.98 Å². The van der Waals surface area contributed by atoms with Crippen molar-refractivity contribution in [2.45, 2.75) is 13.3 Å². The Bertz CT molecular complexity index is 463. The van der Waals surface area contributed by atoms with Gasteiger partial charge in [0, 0.05) is 11.9 Å². The zero-order valence-corrected chi connectivity index (χ0v) is 9.27. The monoisotopic (exact) mass is 213 g/mol. The minimum atomic E-state index is 0.655. The van der Waals surface area contributed by atoms with Gasteiger partial charge in [0.2, 0.25) is 0 Å². The van der Waals surface area contributed by atoms with Gasteiger partial charge < -0.3 is 11.1 Å². The van der Waals surface area contributed by atoms with Crippen LogP contribution in [0.1, 0.15) is 12.5 Å². The van der Waals surface area contributed by atoms with Crippen LogP contribution in [-0.2, 0) is 6.42 Å². The molecule has 3 nitrogen and oxygen atoms in total. The third-order valence-corrected chi connectivity index (χ3v) is 2.49. The lowest BCUT2D eigenvalue weighted by Crippen LogP contribution is -1.96. The number of anilines is 3. The molecule has 0 bridgehead atoms. The SMILES string of the molecule is CCc1ccc(Nc2ccncc2N)cc1. The minimum Gasteiger partial charge on any atom is -0.396 e. The van der Waals surface area contributed by atoms with E-state index in [0.29, 0.717) is 5.69 Å². The number of nitrogens with one attached hydrogen (secondary N) is 1. The normalized spacial score (nSPS) is 10.1. The van der Waals surface area contributed by atoms with E-state index in [-0.39, 0.29) is 0 Å². The lowest BCUT2D eigenvalue weighted by Gasteiger charge is -2.08. The molecule has 0 radical (unpaired) electrons. The first-order valence-corrected chi connectivity index (χ1v) is 5.35. The van der Waals surface area contributed by atoms with Crippen molar-refractivity contribution < 1.29 is 0 Å². The predicted molar refractivity (Wildman–Crippen MR) is 67.8 cm³/mol. The quantitative estimate of drug-likeness (QED) is 0.824. The van der Waals surface area contributed by atoms with Crippen molar-refractivity contribution in [1.82, 2.24) is 4.98 Å². The summed E-state index contributed by atoms with van der Waals surface area (Å²) in [7, 11) is 0. The van der Waals surface area contributed by atoms with Gasteiger partial charge in [0.25, 0.3) is 0 Å². The van der Waals surface area contributed by atoms with E-state index in [1.54, 1.807) is 12.4 Å². The Kier molecular flexibility index (Phi) is 3.05. The lowest BCUT2D eigenvalue weighted by atomic mass is 10.1. The van der Waals surface area contributed by atoms with Crippen LogP contribution in [0.25, 0.3) is 0 Å². The number of hydrogen-bond acceptors (Lipinski definition) is 3. The Morgan fingerprint density at radius 3 is 2.56 bits per heavy atom. The number of hydrogen-bond donors (Lipinski definition) is 2. The summed E-state index contributed by atoms with van der Waals surface area (Å²) in [4.78, 5) is 3.95. The highest BCUT2D eigenvalue weighted by Gasteiger charge is 1.98. The summed E-state index contributed by atoms with van der Waals surface area (Å²) in [5, 5.41) is 3.26. The van der Waals surface area contributed by atoms with Crippen LogP contribution in [0.15, 0.2) is 42.7 Å². The summed E-state index contributed by atoms with van der Waals surface area (Å²) in [5.41, 5.74) is 9.71. The van der Waals surface area contributed by atoms with E-state index >= 15 is 0 Å². The second kappa shape index (κ2) is 4.66. The molecule has 2 rings (SSSR count). The summed E-state index contributed by atoms with van der Waals surface area (Å²) in [6, 6.07) is 10.2. The van der Waals surface area contributed by atoms with Gasteiger partial charge in [0.05, 0.1) is 17.6 Å². The van der Waals surface area contributed by atoms with E-state index in [4.69, 9.17) is 5.73 Å². The molecular weight excluding hydrogens is 198 g/mol. The van der Waals surface area contributed by atoms with E-state index in [1.807, 2.05) is 6.07 Å². The summed E-state index contributed by atoms with van der Waals surface area (Å²) in [6.07, 6.45) is 4.42. The summed E-state index contributed by atoms with van der Waals surface area (Å²) in [6.45, 7) is 2.14. The number of aromatic nitrogens is 1. The molecule has 3 heteroatoms. The molecule has 0 aliphatic heterocycles. The van der Waals surface area contributed by atoms with Gasteiger partial charge >= 0.3 is 0 Å². The molecule has 0 amide bonds. The first-order valence-electron chi connectivity index (χ1n) is 5.35. The largest absolute Gasteiger partial charge is 0.396 e. The smallest absolute Gasteiger partial charge is 0.0739 e. The van der Waals surface area contributed by atoms with Gasteiger partial charge in [-0.15, -0.1) is 0 Å². The molecular formula is C13H15N3. The van der Waals surface area contributed by atoms with Crippen LogP contribution < -0.4 is 11.1 Å². The molecule has 0 unspecified atom stereocenters. The van der Waals surface area contributed by atoms with Crippen molar-refractivity contribution in [3.63, 3.8) is 0 Å². The van der Waals surface area contributed by atoms with Crippen LogP contribution >= 0.6 is 0 Å². The van der Waals surface area contributed by atoms with Gasteiger partial charge in [0.1, 0.15) is 0 Å². The Hall–Kier alpha value is -2.03. The summed E-state index contributed by atoms with van der Waals surface area (Å²) in [5.74, 6) is 0. The Balaban J connectivity index is 2.18. The van der Waals surface area contributed by atoms with Crippen LogP contribution in [0, 0.1) is 0 Å². The van der Waals surface area contributed by atoms with E-state index in [1.165, 1.54) is 5.56 Å². The second-order valence-electron chi connectivity index (χ2n) is 3.64. The number of nitrogen functional groups attached to an aromatic ring is 1. The molecule has 0 saturated carbocycles. The maximum atomic E-state index is 5.80. The number of rotatable bonds is 3. The molecule has 0 saturated heterocycles. The topological polar surface area (TPSA) is 50.9 Å². The van der Waals surface area contributed by atoms with Crippen molar-refractivity contribution in [1.29, 1.82) is 0 Å².